The minimum atomic E-state index is 0.0596. The molecule has 90 valence electrons. The fraction of sp³-hybridized carbons (Fsp3) is 0.750. The fourth-order valence-electron chi connectivity index (χ4n) is 2.20. The lowest BCUT2D eigenvalue weighted by atomic mass is 9.96. The Morgan fingerprint density at radius 1 is 1.62 bits per heavy atom. The molecule has 2 heterocycles. The van der Waals surface area contributed by atoms with Crippen molar-refractivity contribution in [1.29, 1.82) is 0 Å². The average Bonchev–Trinajstić information content (AvgIpc) is 2.96. The summed E-state index contributed by atoms with van der Waals surface area (Å²) in [6, 6.07) is 2.21. The van der Waals surface area contributed by atoms with E-state index in [4.69, 9.17) is 5.73 Å². The van der Waals surface area contributed by atoms with E-state index in [1.165, 1.54) is 12.1 Å². The summed E-state index contributed by atoms with van der Waals surface area (Å²) in [5.74, 6) is 1.07. The van der Waals surface area contributed by atoms with Crippen LogP contribution in [0.4, 0.5) is 0 Å². The molecule has 0 amide bonds. The maximum Gasteiger partial charge on any atom is 0.0794 e. The summed E-state index contributed by atoms with van der Waals surface area (Å²) in [6.07, 6.45) is 2.29. The number of H-pyrrole nitrogens is 1. The second-order valence-corrected chi connectivity index (χ2v) is 4.85. The smallest absolute Gasteiger partial charge is 0.0794 e. The highest BCUT2D eigenvalue weighted by Crippen LogP contribution is 2.25. The molecule has 1 saturated heterocycles. The van der Waals surface area contributed by atoms with Gasteiger partial charge in [-0.15, -0.1) is 0 Å². The summed E-state index contributed by atoms with van der Waals surface area (Å²) in [6.45, 7) is 6.51. The number of nitrogens with two attached hydrogens (primary N) is 1. The Kier molecular flexibility index (Phi) is 3.61. The fourth-order valence-corrected chi connectivity index (χ4v) is 2.20. The highest BCUT2D eigenvalue weighted by Gasteiger charge is 2.21. The van der Waals surface area contributed by atoms with Crippen molar-refractivity contribution < 1.29 is 0 Å². The molecule has 16 heavy (non-hydrogen) atoms. The van der Waals surface area contributed by atoms with E-state index in [1.54, 1.807) is 0 Å². The first-order chi connectivity index (χ1) is 7.72. The van der Waals surface area contributed by atoms with E-state index in [-0.39, 0.29) is 6.04 Å². The molecule has 4 N–H and O–H groups in total. The molecule has 0 bridgehead atoms. The van der Waals surface area contributed by atoms with Gasteiger partial charge < -0.3 is 11.1 Å². The Hall–Kier alpha value is -0.870. The van der Waals surface area contributed by atoms with E-state index >= 15 is 0 Å². The second-order valence-electron chi connectivity index (χ2n) is 4.85. The number of rotatable bonds is 4. The van der Waals surface area contributed by atoms with Crippen LogP contribution in [0.25, 0.3) is 0 Å². The molecule has 4 nitrogen and oxygen atoms in total. The van der Waals surface area contributed by atoms with Gasteiger partial charge in [-0.3, -0.25) is 5.10 Å². The predicted octanol–water partition coefficient (Wildman–Crippen LogP) is 1.53. The molecule has 1 fully saturated rings. The first-order valence-corrected chi connectivity index (χ1v) is 6.23. The molecule has 3 atom stereocenters. The molecule has 0 radical (unpaired) electrons. The van der Waals surface area contributed by atoms with Crippen molar-refractivity contribution in [1.82, 2.24) is 15.5 Å². The van der Waals surface area contributed by atoms with Gasteiger partial charge in [-0.2, -0.15) is 5.10 Å². The molecular weight excluding hydrogens is 200 g/mol. The van der Waals surface area contributed by atoms with Crippen LogP contribution < -0.4 is 11.1 Å². The number of nitrogens with one attached hydrogen (secondary N) is 2. The predicted molar refractivity (Wildman–Crippen MR) is 65.2 cm³/mol. The summed E-state index contributed by atoms with van der Waals surface area (Å²) in [4.78, 5) is 0. The Morgan fingerprint density at radius 2 is 2.44 bits per heavy atom. The second kappa shape index (κ2) is 4.97. The lowest BCUT2D eigenvalue weighted by Crippen LogP contribution is -2.18. The van der Waals surface area contributed by atoms with Crippen LogP contribution in [0.5, 0.6) is 0 Å². The lowest BCUT2D eigenvalue weighted by molar-refractivity contribution is 0.448. The maximum absolute atomic E-state index is 6.16. The van der Waals surface area contributed by atoms with Crippen LogP contribution in [0.1, 0.15) is 50.0 Å². The number of hydrogen-bond donors (Lipinski definition) is 3. The standard InChI is InChI=1S/C12H22N4/c1-3-8(2)12(13)11-6-10(15-16-11)9-4-5-14-7-9/h6,8-9,12,14H,3-5,7,13H2,1-2H3,(H,15,16)/t8-,9?,12-/m0/s1. The van der Waals surface area contributed by atoms with Gasteiger partial charge >= 0.3 is 0 Å². The van der Waals surface area contributed by atoms with Crippen molar-refractivity contribution in [3.63, 3.8) is 0 Å². The van der Waals surface area contributed by atoms with E-state index in [9.17, 15) is 0 Å². The summed E-state index contributed by atoms with van der Waals surface area (Å²) < 4.78 is 0. The molecule has 1 aliphatic heterocycles. The molecule has 1 aromatic heterocycles. The number of nitrogens with zero attached hydrogens (tertiary/aromatic N) is 1. The number of hydrogen-bond acceptors (Lipinski definition) is 3. The third-order valence-corrected chi connectivity index (χ3v) is 3.72. The molecule has 0 spiro atoms. The van der Waals surface area contributed by atoms with E-state index in [2.05, 4.69) is 35.4 Å². The SMILES string of the molecule is CC[C@H](C)[C@H](N)c1cc(C2CCNC2)[nH]n1. The normalized spacial score (nSPS) is 24.6. The number of aromatic amines is 1. The zero-order valence-electron chi connectivity index (χ0n) is 10.2. The Bertz CT molecular complexity index is 328. The molecule has 2 rings (SSSR count). The molecule has 0 aromatic carbocycles. The average molecular weight is 222 g/mol. The van der Waals surface area contributed by atoms with Gasteiger partial charge in [-0.1, -0.05) is 20.3 Å². The molecule has 1 aliphatic rings. The van der Waals surface area contributed by atoms with Gasteiger partial charge in [0.2, 0.25) is 0 Å². The summed E-state index contributed by atoms with van der Waals surface area (Å²) in [5, 5.41) is 10.9. The third kappa shape index (κ3) is 2.28. The first-order valence-electron chi connectivity index (χ1n) is 6.23. The summed E-state index contributed by atoms with van der Waals surface area (Å²) in [7, 11) is 0. The summed E-state index contributed by atoms with van der Waals surface area (Å²) in [5.41, 5.74) is 8.41. The Morgan fingerprint density at radius 3 is 3.06 bits per heavy atom. The van der Waals surface area contributed by atoms with Gasteiger partial charge in [0, 0.05) is 18.2 Å². The Labute approximate surface area is 97.0 Å². The van der Waals surface area contributed by atoms with Crippen molar-refractivity contribution in [2.45, 2.75) is 38.6 Å². The topological polar surface area (TPSA) is 66.7 Å². The van der Waals surface area contributed by atoms with E-state index in [1.807, 2.05) is 0 Å². The van der Waals surface area contributed by atoms with Crippen molar-refractivity contribution >= 4 is 0 Å². The zero-order chi connectivity index (χ0) is 11.5. The van der Waals surface area contributed by atoms with Crippen molar-refractivity contribution in [3.05, 3.63) is 17.5 Å². The van der Waals surface area contributed by atoms with Crippen LogP contribution in [0.3, 0.4) is 0 Å². The zero-order valence-corrected chi connectivity index (χ0v) is 10.2. The highest BCUT2D eigenvalue weighted by molar-refractivity contribution is 5.17. The van der Waals surface area contributed by atoms with Gasteiger partial charge in [0.15, 0.2) is 0 Å². The molecule has 0 saturated carbocycles. The van der Waals surface area contributed by atoms with Crippen molar-refractivity contribution in [2.75, 3.05) is 13.1 Å². The van der Waals surface area contributed by atoms with Gasteiger partial charge in [-0.05, 0) is 24.9 Å². The van der Waals surface area contributed by atoms with Crippen LogP contribution >= 0.6 is 0 Å². The number of aromatic nitrogens is 2. The maximum atomic E-state index is 6.16. The minimum absolute atomic E-state index is 0.0596. The van der Waals surface area contributed by atoms with Crippen molar-refractivity contribution in [2.24, 2.45) is 11.7 Å². The lowest BCUT2D eigenvalue weighted by Gasteiger charge is -2.15. The molecule has 4 heteroatoms. The third-order valence-electron chi connectivity index (χ3n) is 3.72. The molecular formula is C12H22N4. The van der Waals surface area contributed by atoms with Gasteiger partial charge in [-0.25, -0.2) is 0 Å². The highest BCUT2D eigenvalue weighted by atomic mass is 15.1. The summed E-state index contributed by atoms with van der Waals surface area (Å²) >= 11 is 0. The molecule has 0 aliphatic carbocycles. The monoisotopic (exact) mass is 222 g/mol. The van der Waals surface area contributed by atoms with Crippen LogP contribution in [-0.2, 0) is 0 Å². The van der Waals surface area contributed by atoms with Crippen molar-refractivity contribution in [3.8, 4) is 0 Å². The van der Waals surface area contributed by atoms with Crippen LogP contribution in [0, 0.1) is 5.92 Å². The molecule has 1 unspecified atom stereocenters. The quantitative estimate of drug-likeness (QED) is 0.724. The van der Waals surface area contributed by atoms with Gasteiger partial charge in [0.25, 0.3) is 0 Å². The van der Waals surface area contributed by atoms with Crippen LogP contribution in [0.2, 0.25) is 0 Å². The largest absolute Gasteiger partial charge is 0.322 e. The van der Waals surface area contributed by atoms with E-state index < -0.39 is 0 Å². The van der Waals surface area contributed by atoms with Gasteiger partial charge in [0.1, 0.15) is 0 Å². The van der Waals surface area contributed by atoms with Crippen LogP contribution in [-0.4, -0.2) is 23.3 Å². The minimum Gasteiger partial charge on any atom is -0.322 e. The van der Waals surface area contributed by atoms with Gasteiger partial charge in [0.05, 0.1) is 11.7 Å². The van der Waals surface area contributed by atoms with E-state index in [0.29, 0.717) is 11.8 Å². The Balaban J connectivity index is 2.06. The van der Waals surface area contributed by atoms with E-state index in [0.717, 1.165) is 25.2 Å². The first kappa shape index (κ1) is 11.6. The molecule has 1 aromatic rings. The van der Waals surface area contributed by atoms with Crippen LogP contribution in [0.15, 0.2) is 6.07 Å².